The minimum Gasteiger partial charge on any atom is -0.462 e. The van der Waals surface area contributed by atoms with Gasteiger partial charge in [0.2, 0.25) is 6.17 Å². The quantitative estimate of drug-likeness (QED) is 0.563. The second-order valence-electron chi connectivity index (χ2n) is 7.09. The van der Waals surface area contributed by atoms with Gasteiger partial charge in [-0.15, -0.1) is 0 Å². The molecule has 5 unspecified atom stereocenters. The highest BCUT2D eigenvalue weighted by Gasteiger charge is 2.58. The average molecular weight is 386 g/mol. The fourth-order valence-corrected chi connectivity index (χ4v) is 4.65. The molecule has 4 rings (SSSR count). The van der Waals surface area contributed by atoms with Crippen molar-refractivity contribution in [3.63, 3.8) is 0 Å². The van der Waals surface area contributed by atoms with E-state index < -0.39 is 57.5 Å². The molecule has 0 aromatic rings. The molecule has 4 aliphatic rings. The smallest absolute Gasteiger partial charge is 0.403 e. The van der Waals surface area contributed by atoms with E-state index in [0.717, 1.165) is 0 Å². The van der Waals surface area contributed by atoms with E-state index in [1.54, 1.807) is 0 Å². The van der Waals surface area contributed by atoms with Crippen molar-refractivity contribution in [2.24, 2.45) is 17.3 Å². The Balaban J connectivity index is 1.71. The van der Waals surface area contributed by atoms with Crippen molar-refractivity contribution >= 4 is 22.1 Å². The van der Waals surface area contributed by atoms with Crippen LogP contribution >= 0.6 is 0 Å². The molecule has 2 aliphatic carbocycles. The Hall–Kier alpha value is -1.36. The third kappa shape index (κ3) is 3.12. The van der Waals surface area contributed by atoms with Crippen molar-refractivity contribution in [3.05, 3.63) is 0 Å². The molecule has 11 heteroatoms. The molecule has 0 spiro atoms. The molecule has 142 valence electrons. The van der Waals surface area contributed by atoms with E-state index in [9.17, 15) is 31.2 Å². The van der Waals surface area contributed by atoms with Crippen LogP contribution in [0.5, 0.6) is 0 Å². The Morgan fingerprint density at radius 2 is 2.04 bits per heavy atom. The predicted molar refractivity (Wildman–Crippen MR) is 74.7 cm³/mol. The molecule has 4 bridgehead atoms. The van der Waals surface area contributed by atoms with E-state index in [1.807, 2.05) is 0 Å². The summed E-state index contributed by atoms with van der Waals surface area (Å²) in [5.41, 5.74) is -1.12. The van der Waals surface area contributed by atoms with Crippen LogP contribution in [0, 0.1) is 17.3 Å². The minimum absolute atomic E-state index is 0.0527. The Labute approximate surface area is 141 Å². The average Bonchev–Trinajstić information content (AvgIpc) is 2.65. The molecule has 1 N–H and O–H groups in total. The molecule has 25 heavy (non-hydrogen) atoms. The van der Waals surface area contributed by atoms with Gasteiger partial charge >= 0.3 is 27.3 Å². The molecule has 4 fully saturated rings. The van der Waals surface area contributed by atoms with Gasteiger partial charge in [-0.05, 0) is 31.6 Å². The van der Waals surface area contributed by atoms with Crippen LogP contribution in [0.15, 0.2) is 0 Å². The van der Waals surface area contributed by atoms with E-state index >= 15 is 0 Å². The number of hydrogen-bond acceptors (Lipinski definition) is 6. The highest BCUT2D eigenvalue weighted by atomic mass is 32.2. The molecule has 2 aliphatic heterocycles. The van der Waals surface area contributed by atoms with Gasteiger partial charge in [-0.25, -0.2) is 4.39 Å². The number of alkyl halides is 3. The van der Waals surface area contributed by atoms with Crippen LogP contribution < -0.4 is 0 Å². The van der Waals surface area contributed by atoms with Crippen molar-refractivity contribution in [3.8, 4) is 0 Å². The van der Waals surface area contributed by atoms with E-state index in [-0.39, 0.29) is 18.8 Å². The lowest BCUT2D eigenvalue weighted by molar-refractivity contribution is -0.169. The van der Waals surface area contributed by atoms with Crippen LogP contribution in [0.25, 0.3) is 0 Å². The minimum atomic E-state index is -5.97. The van der Waals surface area contributed by atoms with Gasteiger partial charge < -0.3 is 9.47 Å². The number of halogens is 3. The second-order valence-corrected chi connectivity index (χ2v) is 8.58. The molecule has 0 amide bonds. The first kappa shape index (κ1) is 18.4. The lowest BCUT2D eigenvalue weighted by atomic mass is 9.59. The van der Waals surface area contributed by atoms with Crippen LogP contribution in [0.3, 0.4) is 0 Å². The summed E-state index contributed by atoms with van der Waals surface area (Å²) in [6.07, 6.45) is -1.96. The zero-order valence-corrected chi connectivity index (χ0v) is 13.8. The van der Waals surface area contributed by atoms with Gasteiger partial charge in [-0.1, -0.05) is 0 Å². The Morgan fingerprint density at radius 3 is 2.68 bits per heavy atom. The molecule has 2 saturated heterocycles. The van der Waals surface area contributed by atoms with Gasteiger partial charge in [0.15, 0.2) is 0 Å². The molecular weight excluding hydrogens is 369 g/mol. The second kappa shape index (κ2) is 5.83. The largest absolute Gasteiger partial charge is 0.462 e. The molecule has 0 aromatic carbocycles. The molecule has 7 nitrogen and oxygen atoms in total. The normalized spacial score (nSPS) is 35.8. The third-order valence-corrected chi connectivity index (χ3v) is 6.21. The maximum Gasteiger partial charge on any atom is 0.403 e. The Kier molecular flexibility index (Phi) is 4.30. The summed E-state index contributed by atoms with van der Waals surface area (Å²) in [7, 11) is -5.97. The van der Waals surface area contributed by atoms with Crippen LogP contribution in [-0.2, 0) is 29.2 Å². The Morgan fingerprint density at radius 1 is 1.36 bits per heavy atom. The molecule has 5 atom stereocenters. The molecule has 2 saturated carbocycles. The highest BCUT2D eigenvalue weighted by Crippen LogP contribution is 2.55. The first-order valence-corrected chi connectivity index (χ1v) is 9.25. The van der Waals surface area contributed by atoms with Crippen molar-refractivity contribution in [1.29, 1.82) is 0 Å². The van der Waals surface area contributed by atoms with Crippen molar-refractivity contribution < 1.29 is 45.2 Å². The molecule has 2 heterocycles. The lowest BCUT2D eigenvalue weighted by Crippen LogP contribution is -2.47. The summed E-state index contributed by atoms with van der Waals surface area (Å²) in [5.74, 6) is -1.78. The molecule has 0 radical (unpaired) electrons. The predicted octanol–water partition coefficient (Wildman–Crippen LogP) is 1.47. The third-order valence-electron chi connectivity index (χ3n) is 5.27. The lowest BCUT2D eigenvalue weighted by Gasteiger charge is -2.44. The van der Waals surface area contributed by atoms with Crippen LogP contribution in [-0.4, -0.2) is 49.0 Å². The first-order valence-electron chi connectivity index (χ1n) is 7.81. The Bertz CT molecular complexity index is 695. The summed E-state index contributed by atoms with van der Waals surface area (Å²) >= 11 is 0. The number of carbonyl (C=O) groups is 2. The van der Waals surface area contributed by atoms with Crippen molar-refractivity contribution in [2.75, 3.05) is 6.61 Å². The van der Waals surface area contributed by atoms with E-state index in [0.29, 0.717) is 19.3 Å². The SMILES string of the molecule is O=C1OC2CC3CC1CC(C(=O)OCC(F)C(F)(F)S(=O)(=O)O)(C3)C2. The van der Waals surface area contributed by atoms with Gasteiger partial charge in [-0.2, -0.15) is 17.2 Å². The van der Waals surface area contributed by atoms with Gasteiger partial charge in [-0.3, -0.25) is 14.1 Å². The zero-order chi connectivity index (χ0) is 18.6. The summed E-state index contributed by atoms with van der Waals surface area (Å²) in [5, 5.41) is -5.08. The van der Waals surface area contributed by atoms with Gasteiger partial charge in [0.1, 0.15) is 12.7 Å². The molecular formula is C14H17F3O7S. The fourth-order valence-electron chi connectivity index (χ4n) is 4.25. The standard InChI is InChI=1S/C14H17F3O7S/c15-10(14(16,17)25(20,21)22)6-23-12(19)13-3-7-1-8(4-13)11(18)24-9(2-7)5-13/h7-10H,1-6H2,(H,20,21,22). The highest BCUT2D eigenvalue weighted by molar-refractivity contribution is 7.86. The summed E-state index contributed by atoms with van der Waals surface area (Å²) in [4.78, 5) is 24.3. The number of hydrogen-bond donors (Lipinski definition) is 1. The van der Waals surface area contributed by atoms with E-state index in [4.69, 9.17) is 9.29 Å². The summed E-state index contributed by atoms with van der Waals surface area (Å²) < 4.78 is 79.2. The number of esters is 2. The summed E-state index contributed by atoms with van der Waals surface area (Å²) in [6, 6.07) is 0. The van der Waals surface area contributed by atoms with Crippen molar-refractivity contribution in [1.82, 2.24) is 0 Å². The van der Waals surface area contributed by atoms with E-state index in [2.05, 4.69) is 4.74 Å². The number of fused-ring (bicyclic) bond motifs is 1. The number of rotatable bonds is 5. The summed E-state index contributed by atoms with van der Waals surface area (Å²) in [6.45, 7) is -1.51. The van der Waals surface area contributed by atoms with Crippen molar-refractivity contribution in [2.45, 2.75) is 49.6 Å². The van der Waals surface area contributed by atoms with Crippen LogP contribution in [0.4, 0.5) is 13.2 Å². The van der Waals surface area contributed by atoms with Crippen LogP contribution in [0.2, 0.25) is 0 Å². The number of ether oxygens (including phenoxy) is 2. The monoisotopic (exact) mass is 386 g/mol. The van der Waals surface area contributed by atoms with E-state index in [1.165, 1.54) is 0 Å². The molecule has 0 aromatic heterocycles. The van der Waals surface area contributed by atoms with Crippen LogP contribution in [0.1, 0.15) is 32.1 Å². The zero-order valence-electron chi connectivity index (χ0n) is 13.0. The van der Waals surface area contributed by atoms with Gasteiger partial charge in [0.05, 0.1) is 11.3 Å². The van der Waals surface area contributed by atoms with Gasteiger partial charge in [0.25, 0.3) is 0 Å². The maximum atomic E-state index is 13.5. The fraction of sp³-hybridized carbons (Fsp3) is 0.857. The van der Waals surface area contributed by atoms with Gasteiger partial charge in [0, 0.05) is 6.42 Å². The topological polar surface area (TPSA) is 107 Å². The number of carbonyl (C=O) groups excluding carboxylic acids is 2. The first-order chi connectivity index (χ1) is 11.4. The maximum absolute atomic E-state index is 13.5.